The fraction of sp³-hybridized carbons (Fsp3) is 0.381. The van der Waals surface area contributed by atoms with Gasteiger partial charge in [0.15, 0.2) is 6.29 Å². The highest BCUT2D eigenvalue weighted by molar-refractivity contribution is 5.91. The predicted molar refractivity (Wildman–Crippen MR) is 99.6 cm³/mol. The van der Waals surface area contributed by atoms with E-state index in [-0.39, 0.29) is 17.6 Å². The summed E-state index contributed by atoms with van der Waals surface area (Å²) in [6.07, 6.45) is -2.20. The summed E-state index contributed by atoms with van der Waals surface area (Å²) in [5.74, 6) is -0.319. The van der Waals surface area contributed by atoms with Gasteiger partial charge in [-0.15, -0.1) is 13.2 Å². The van der Waals surface area contributed by atoms with Gasteiger partial charge in [-0.2, -0.15) is 0 Å². The predicted octanol–water partition coefficient (Wildman–Crippen LogP) is 4.73. The molecule has 0 spiro atoms. The highest BCUT2D eigenvalue weighted by Crippen LogP contribution is 2.25. The summed E-state index contributed by atoms with van der Waals surface area (Å²) in [5.41, 5.74) is 0.284. The first-order valence-electron chi connectivity index (χ1n) is 9.43. The Morgan fingerprint density at radius 2 is 1.53 bits per heavy atom. The molecule has 0 N–H and O–H groups in total. The first kappa shape index (κ1) is 21.9. The van der Waals surface area contributed by atoms with E-state index in [9.17, 15) is 18.0 Å². The average molecular weight is 426 g/mol. The van der Waals surface area contributed by atoms with Crippen molar-refractivity contribution >= 4 is 5.97 Å². The smallest absolute Gasteiger partial charge is 0.494 e. The van der Waals surface area contributed by atoms with Gasteiger partial charge in [0.1, 0.15) is 17.2 Å². The van der Waals surface area contributed by atoms with E-state index in [4.69, 9.17) is 18.9 Å². The summed E-state index contributed by atoms with van der Waals surface area (Å²) in [5, 5.41) is 0. The SMILES string of the molecule is O=C(Oc1ccc(OC(F)(F)F)cc1)c1ccc(OCCCCOC2CCO2)cc1. The number of alkyl halides is 3. The van der Waals surface area contributed by atoms with E-state index >= 15 is 0 Å². The third-order valence-corrected chi connectivity index (χ3v) is 4.13. The van der Waals surface area contributed by atoms with Crippen LogP contribution in [0.25, 0.3) is 0 Å². The van der Waals surface area contributed by atoms with Gasteiger partial charge in [0.25, 0.3) is 0 Å². The molecule has 0 aliphatic carbocycles. The molecule has 6 nitrogen and oxygen atoms in total. The van der Waals surface area contributed by atoms with Crippen molar-refractivity contribution in [2.45, 2.75) is 31.9 Å². The Hall–Kier alpha value is -2.78. The van der Waals surface area contributed by atoms with E-state index in [0.29, 0.717) is 19.0 Å². The van der Waals surface area contributed by atoms with Crippen LogP contribution in [0.5, 0.6) is 17.2 Å². The summed E-state index contributed by atoms with van der Waals surface area (Å²) >= 11 is 0. The lowest BCUT2D eigenvalue weighted by Gasteiger charge is -2.26. The molecule has 0 amide bonds. The van der Waals surface area contributed by atoms with Crippen LogP contribution < -0.4 is 14.2 Å². The molecular weight excluding hydrogens is 405 g/mol. The quantitative estimate of drug-likeness (QED) is 0.311. The lowest BCUT2D eigenvalue weighted by atomic mass is 10.2. The molecular formula is C21H21F3O6. The van der Waals surface area contributed by atoms with Gasteiger partial charge in [0.05, 0.1) is 18.8 Å². The molecule has 1 aliphatic heterocycles. The minimum atomic E-state index is -4.78. The lowest BCUT2D eigenvalue weighted by molar-refractivity contribution is -0.274. The fourth-order valence-corrected chi connectivity index (χ4v) is 2.52. The van der Waals surface area contributed by atoms with Crippen LogP contribution in [0, 0.1) is 0 Å². The van der Waals surface area contributed by atoms with Gasteiger partial charge in [-0.05, 0) is 61.4 Å². The molecule has 30 heavy (non-hydrogen) atoms. The van der Waals surface area contributed by atoms with Crippen LogP contribution in [0.3, 0.4) is 0 Å². The van der Waals surface area contributed by atoms with Crippen LogP contribution in [-0.4, -0.2) is 38.4 Å². The van der Waals surface area contributed by atoms with Crippen molar-refractivity contribution in [2.75, 3.05) is 19.8 Å². The second kappa shape index (κ2) is 10.3. The zero-order valence-electron chi connectivity index (χ0n) is 16.0. The maximum atomic E-state index is 12.2. The van der Waals surface area contributed by atoms with Gasteiger partial charge < -0.3 is 23.7 Å². The van der Waals surface area contributed by atoms with Crippen molar-refractivity contribution < 1.29 is 41.7 Å². The van der Waals surface area contributed by atoms with Crippen LogP contribution in [-0.2, 0) is 9.47 Å². The normalized spacial score (nSPS) is 15.9. The number of unbranched alkanes of at least 4 members (excludes halogenated alkanes) is 1. The number of hydrogen-bond donors (Lipinski definition) is 0. The molecule has 1 atom stereocenters. The Bertz CT molecular complexity index is 801. The number of rotatable bonds is 10. The van der Waals surface area contributed by atoms with E-state index in [1.807, 2.05) is 0 Å². The highest BCUT2D eigenvalue weighted by Gasteiger charge is 2.31. The third-order valence-electron chi connectivity index (χ3n) is 4.13. The Morgan fingerprint density at radius 1 is 0.933 bits per heavy atom. The minimum Gasteiger partial charge on any atom is -0.494 e. The summed E-state index contributed by atoms with van der Waals surface area (Å²) in [6.45, 7) is 1.91. The van der Waals surface area contributed by atoms with Crippen LogP contribution in [0.15, 0.2) is 48.5 Å². The van der Waals surface area contributed by atoms with E-state index < -0.39 is 18.1 Å². The zero-order valence-corrected chi connectivity index (χ0v) is 16.0. The maximum Gasteiger partial charge on any atom is 0.573 e. The van der Waals surface area contributed by atoms with Gasteiger partial charge in [0, 0.05) is 13.0 Å². The summed E-state index contributed by atoms with van der Waals surface area (Å²) in [4.78, 5) is 12.2. The van der Waals surface area contributed by atoms with Crippen molar-refractivity contribution in [3.8, 4) is 17.2 Å². The molecule has 0 saturated carbocycles. The zero-order chi connectivity index (χ0) is 21.4. The van der Waals surface area contributed by atoms with Crippen molar-refractivity contribution in [2.24, 2.45) is 0 Å². The van der Waals surface area contributed by atoms with Gasteiger partial charge >= 0.3 is 12.3 Å². The largest absolute Gasteiger partial charge is 0.573 e. The Morgan fingerprint density at radius 3 is 2.13 bits per heavy atom. The molecule has 2 aromatic rings. The van der Waals surface area contributed by atoms with Crippen molar-refractivity contribution in [1.82, 2.24) is 0 Å². The molecule has 0 aromatic heterocycles. The van der Waals surface area contributed by atoms with Crippen LogP contribution in [0.4, 0.5) is 13.2 Å². The lowest BCUT2D eigenvalue weighted by Crippen LogP contribution is -2.29. The number of carbonyl (C=O) groups excluding carboxylic acids is 1. The third kappa shape index (κ3) is 7.23. The van der Waals surface area contributed by atoms with Crippen LogP contribution in [0.2, 0.25) is 0 Å². The molecule has 1 unspecified atom stereocenters. The number of halogens is 3. The molecule has 1 heterocycles. The Labute approximate surface area is 171 Å². The number of esters is 1. The molecule has 1 saturated heterocycles. The minimum absolute atomic E-state index is 0.0515. The van der Waals surface area contributed by atoms with Crippen LogP contribution in [0.1, 0.15) is 29.6 Å². The standard InChI is InChI=1S/C21H21F3O6/c22-21(23,24)30-18-9-7-17(8-10-18)29-20(25)15-3-5-16(6-4-15)26-12-1-2-13-27-19-11-14-28-19/h3-10,19H,1-2,11-14H2. The molecule has 0 radical (unpaired) electrons. The highest BCUT2D eigenvalue weighted by atomic mass is 19.4. The molecule has 0 bridgehead atoms. The maximum absolute atomic E-state index is 12.2. The van der Waals surface area contributed by atoms with E-state index in [1.165, 1.54) is 12.1 Å². The summed E-state index contributed by atoms with van der Waals surface area (Å²) < 4.78 is 61.6. The van der Waals surface area contributed by atoms with Gasteiger partial charge in [-0.3, -0.25) is 0 Å². The van der Waals surface area contributed by atoms with Crippen molar-refractivity contribution in [3.05, 3.63) is 54.1 Å². The van der Waals surface area contributed by atoms with Crippen molar-refractivity contribution in [1.29, 1.82) is 0 Å². The van der Waals surface area contributed by atoms with E-state index in [2.05, 4.69) is 4.74 Å². The summed E-state index contributed by atoms with van der Waals surface area (Å²) in [6, 6.07) is 11.0. The van der Waals surface area contributed by atoms with Crippen LogP contribution >= 0.6 is 0 Å². The number of benzene rings is 2. The molecule has 1 aliphatic rings. The first-order valence-corrected chi connectivity index (χ1v) is 9.43. The first-order chi connectivity index (χ1) is 14.4. The van der Waals surface area contributed by atoms with Gasteiger partial charge in [-0.25, -0.2) is 4.79 Å². The fourth-order valence-electron chi connectivity index (χ4n) is 2.52. The number of ether oxygens (including phenoxy) is 5. The van der Waals surface area contributed by atoms with Gasteiger partial charge in [-0.1, -0.05) is 0 Å². The van der Waals surface area contributed by atoms with Crippen molar-refractivity contribution in [3.63, 3.8) is 0 Å². The number of hydrogen-bond acceptors (Lipinski definition) is 6. The second-order valence-electron chi connectivity index (χ2n) is 6.45. The molecule has 162 valence electrons. The Kier molecular flexibility index (Phi) is 7.53. The number of carbonyl (C=O) groups is 1. The van der Waals surface area contributed by atoms with E-state index in [0.717, 1.165) is 38.0 Å². The second-order valence-corrected chi connectivity index (χ2v) is 6.45. The van der Waals surface area contributed by atoms with Gasteiger partial charge in [0.2, 0.25) is 0 Å². The molecule has 2 aromatic carbocycles. The summed E-state index contributed by atoms with van der Waals surface area (Å²) in [7, 11) is 0. The molecule has 3 rings (SSSR count). The molecule has 9 heteroatoms. The monoisotopic (exact) mass is 426 g/mol. The molecule has 1 fully saturated rings. The van der Waals surface area contributed by atoms with E-state index in [1.54, 1.807) is 24.3 Å². The topological polar surface area (TPSA) is 63.2 Å². The average Bonchev–Trinajstić information content (AvgIpc) is 2.67. The Balaban J connectivity index is 1.38.